The van der Waals surface area contributed by atoms with Crippen molar-refractivity contribution in [2.75, 3.05) is 0 Å². The minimum atomic E-state index is 0.379. The van der Waals surface area contributed by atoms with Gasteiger partial charge in [0.15, 0.2) is 0 Å². The number of ether oxygens (including phenoxy) is 1. The number of hydrogen-bond donors (Lipinski definition) is 0. The van der Waals surface area contributed by atoms with Crippen LogP contribution in [0.1, 0.15) is 47.0 Å². The number of allylic oxidation sites excluding steroid dienone is 1. The summed E-state index contributed by atoms with van der Waals surface area (Å²) in [5, 5.41) is 0. The van der Waals surface area contributed by atoms with Gasteiger partial charge in [0.25, 0.3) is 0 Å². The minimum absolute atomic E-state index is 0.379. The molecular weight excluding hydrogens is 196 g/mol. The van der Waals surface area contributed by atoms with Crippen molar-refractivity contribution in [2.24, 2.45) is 22.2 Å². The zero-order chi connectivity index (χ0) is 11.3. The van der Waals surface area contributed by atoms with Crippen molar-refractivity contribution >= 4 is 0 Å². The Morgan fingerprint density at radius 3 is 2.69 bits per heavy atom. The van der Waals surface area contributed by atoms with Crippen LogP contribution in [0.3, 0.4) is 0 Å². The van der Waals surface area contributed by atoms with E-state index in [0.717, 1.165) is 5.92 Å². The molecule has 0 amide bonds. The number of fused-ring (bicyclic) bond motifs is 2. The average Bonchev–Trinajstić information content (AvgIpc) is 2.85. The summed E-state index contributed by atoms with van der Waals surface area (Å²) < 4.78 is 6.04. The molecule has 4 atom stereocenters. The lowest BCUT2D eigenvalue weighted by Gasteiger charge is -2.48. The second kappa shape index (κ2) is 2.29. The van der Waals surface area contributed by atoms with E-state index in [1.807, 2.05) is 0 Å². The van der Waals surface area contributed by atoms with E-state index in [4.69, 9.17) is 4.74 Å². The summed E-state index contributed by atoms with van der Waals surface area (Å²) in [7, 11) is 0. The van der Waals surface area contributed by atoms with E-state index in [1.165, 1.54) is 19.3 Å². The third-order valence-electron chi connectivity index (χ3n) is 6.28. The molecule has 0 aromatic rings. The molecule has 3 fully saturated rings. The zero-order valence-electron chi connectivity index (χ0n) is 10.8. The fourth-order valence-electron chi connectivity index (χ4n) is 5.36. The zero-order valence-corrected chi connectivity index (χ0v) is 10.8. The summed E-state index contributed by atoms with van der Waals surface area (Å²) in [5.41, 5.74) is 2.98. The maximum Gasteiger partial charge on any atom is 0.0940 e. The summed E-state index contributed by atoms with van der Waals surface area (Å²) >= 11 is 0. The highest BCUT2D eigenvalue weighted by Crippen LogP contribution is 2.76. The molecule has 0 aromatic carbocycles. The Morgan fingerprint density at radius 1 is 1.25 bits per heavy atom. The van der Waals surface area contributed by atoms with Gasteiger partial charge in [-0.15, -0.1) is 0 Å². The summed E-state index contributed by atoms with van der Waals surface area (Å²) in [6.45, 7) is 9.81. The molecule has 4 rings (SSSR count). The van der Waals surface area contributed by atoms with E-state index in [9.17, 15) is 0 Å². The van der Waals surface area contributed by atoms with Gasteiger partial charge in [-0.3, -0.25) is 0 Å². The smallest absolute Gasteiger partial charge is 0.0940 e. The van der Waals surface area contributed by atoms with Gasteiger partial charge in [0.05, 0.1) is 12.2 Å². The van der Waals surface area contributed by atoms with Crippen LogP contribution < -0.4 is 0 Å². The maximum absolute atomic E-state index is 6.04. The molecule has 88 valence electrons. The molecule has 1 spiro atoms. The van der Waals surface area contributed by atoms with Crippen molar-refractivity contribution in [2.45, 2.75) is 59.2 Å². The lowest BCUT2D eigenvalue weighted by Crippen LogP contribution is -2.46. The van der Waals surface area contributed by atoms with Crippen molar-refractivity contribution in [3.8, 4) is 0 Å². The van der Waals surface area contributed by atoms with Crippen LogP contribution in [-0.4, -0.2) is 12.2 Å². The highest BCUT2D eigenvalue weighted by atomic mass is 16.6. The van der Waals surface area contributed by atoms with Crippen LogP contribution in [0.25, 0.3) is 0 Å². The second-order valence-corrected chi connectivity index (χ2v) is 7.60. The highest BCUT2D eigenvalue weighted by Gasteiger charge is 2.74. The molecule has 0 unspecified atom stereocenters. The summed E-state index contributed by atoms with van der Waals surface area (Å²) in [4.78, 5) is 0. The first kappa shape index (κ1) is 9.70. The first-order valence-corrected chi connectivity index (χ1v) is 6.78. The first-order chi connectivity index (χ1) is 7.39. The van der Waals surface area contributed by atoms with Crippen molar-refractivity contribution in [1.82, 2.24) is 0 Å². The molecule has 4 aliphatic rings. The summed E-state index contributed by atoms with van der Waals surface area (Å²) in [6, 6.07) is 0. The largest absolute Gasteiger partial charge is 0.369 e. The Balaban J connectivity index is 1.94. The summed E-state index contributed by atoms with van der Waals surface area (Å²) in [6.07, 6.45) is 7.77. The molecule has 0 radical (unpaired) electrons. The van der Waals surface area contributed by atoms with E-state index >= 15 is 0 Å². The normalized spacial score (nSPS) is 54.2. The first-order valence-electron chi connectivity index (χ1n) is 6.78. The quantitative estimate of drug-likeness (QED) is 0.447. The highest BCUT2D eigenvalue weighted by molar-refractivity contribution is 5.43. The maximum atomic E-state index is 6.04. The number of epoxide rings is 1. The van der Waals surface area contributed by atoms with Crippen molar-refractivity contribution in [1.29, 1.82) is 0 Å². The molecule has 3 aliphatic carbocycles. The molecule has 0 N–H and O–H groups in total. The van der Waals surface area contributed by atoms with Crippen LogP contribution in [-0.2, 0) is 4.74 Å². The molecule has 2 bridgehead atoms. The Morgan fingerprint density at radius 2 is 2.00 bits per heavy atom. The SMILES string of the molecule is CC1(C)C[C@@H]2O[C@@H]2[C@@]23CC[C@@H](C=C12)C3(C)C. The summed E-state index contributed by atoms with van der Waals surface area (Å²) in [5.74, 6) is 0.810. The van der Waals surface area contributed by atoms with Gasteiger partial charge < -0.3 is 4.74 Å². The molecular formula is C15H22O. The Bertz CT molecular complexity index is 404. The van der Waals surface area contributed by atoms with Gasteiger partial charge in [-0.2, -0.15) is 0 Å². The predicted molar refractivity (Wildman–Crippen MR) is 64.1 cm³/mol. The van der Waals surface area contributed by atoms with Gasteiger partial charge in [0.1, 0.15) is 0 Å². The number of rotatable bonds is 0. The Hall–Kier alpha value is -0.300. The molecule has 1 aliphatic heterocycles. The van der Waals surface area contributed by atoms with E-state index in [-0.39, 0.29) is 0 Å². The van der Waals surface area contributed by atoms with Gasteiger partial charge >= 0.3 is 0 Å². The van der Waals surface area contributed by atoms with Gasteiger partial charge in [-0.25, -0.2) is 0 Å². The van der Waals surface area contributed by atoms with Crippen LogP contribution in [0.4, 0.5) is 0 Å². The van der Waals surface area contributed by atoms with Crippen molar-refractivity contribution in [3.05, 3.63) is 11.6 Å². The second-order valence-electron chi connectivity index (χ2n) is 7.60. The molecule has 2 saturated carbocycles. The minimum Gasteiger partial charge on any atom is -0.369 e. The molecule has 1 nitrogen and oxygen atoms in total. The molecule has 1 saturated heterocycles. The van der Waals surface area contributed by atoms with Gasteiger partial charge in [-0.05, 0) is 36.0 Å². The Labute approximate surface area is 98.2 Å². The fraction of sp³-hybridized carbons (Fsp3) is 0.867. The van der Waals surface area contributed by atoms with Crippen LogP contribution in [0.5, 0.6) is 0 Å². The van der Waals surface area contributed by atoms with Crippen molar-refractivity contribution < 1.29 is 4.74 Å². The molecule has 1 heterocycles. The van der Waals surface area contributed by atoms with E-state index < -0.39 is 0 Å². The van der Waals surface area contributed by atoms with Crippen LogP contribution >= 0.6 is 0 Å². The standard InChI is InChI=1S/C15H22O/c1-13(2)8-10-12(16-10)15-6-5-9(7-11(13)15)14(15,3)4/h7,9-10,12H,5-6,8H2,1-4H3/t9-,10-,12-,15+/m0/s1. The van der Waals surface area contributed by atoms with E-state index in [0.29, 0.717) is 28.5 Å². The van der Waals surface area contributed by atoms with Crippen LogP contribution in [0, 0.1) is 22.2 Å². The van der Waals surface area contributed by atoms with Gasteiger partial charge in [0, 0.05) is 5.41 Å². The van der Waals surface area contributed by atoms with Crippen LogP contribution in [0.2, 0.25) is 0 Å². The van der Waals surface area contributed by atoms with Crippen LogP contribution in [0.15, 0.2) is 11.6 Å². The number of hydrogen-bond acceptors (Lipinski definition) is 1. The topological polar surface area (TPSA) is 12.5 Å². The average molecular weight is 218 g/mol. The monoisotopic (exact) mass is 218 g/mol. The molecule has 16 heavy (non-hydrogen) atoms. The third-order valence-corrected chi connectivity index (χ3v) is 6.28. The van der Waals surface area contributed by atoms with Gasteiger partial charge in [0.2, 0.25) is 0 Å². The van der Waals surface area contributed by atoms with E-state index in [1.54, 1.807) is 5.57 Å². The van der Waals surface area contributed by atoms with E-state index in [2.05, 4.69) is 33.8 Å². The lowest BCUT2D eigenvalue weighted by atomic mass is 9.54. The fourth-order valence-corrected chi connectivity index (χ4v) is 5.36. The molecule has 0 aromatic heterocycles. The van der Waals surface area contributed by atoms with Gasteiger partial charge in [-0.1, -0.05) is 39.3 Å². The Kier molecular flexibility index (Phi) is 1.39. The molecule has 1 heteroatoms. The third kappa shape index (κ3) is 0.766. The predicted octanol–water partition coefficient (Wildman–Crippen LogP) is 3.55. The lowest BCUT2D eigenvalue weighted by molar-refractivity contribution is 0.0844. The van der Waals surface area contributed by atoms with Crippen molar-refractivity contribution in [3.63, 3.8) is 0 Å².